The monoisotopic (exact) mass is 241 g/mol. The zero-order chi connectivity index (χ0) is 10.1. The Morgan fingerprint density at radius 3 is 2.62 bits per heavy atom. The molecule has 0 unspecified atom stereocenters. The van der Waals surface area contributed by atoms with Gasteiger partial charge in [-0.2, -0.15) is 8.42 Å². The van der Waals surface area contributed by atoms with Crippen molar-refractivity contribution in [2.75, 3.05) is 5.75 Å². The van der Waals surface area contributed by atoms with E-state index in [1.54, 1.807) is 0 Å². The molecule has 0 amide bonds. The van der Waals surface area contributed by atoms with Gasteiger partial charge in [-0.15, -0.1) is 11.3 Å². The molecule has 1 aromatic heterocycles. The topological polar surface area (TPSA) is 79.5 Å². The molecule has 0 aliphatic rings. The van der Waals surface area contributed by atoms with E-state index in [1.165, 1.54) is 9.95 Å². The minimum atomic E-state index is -4.01. The first kappa shape index (κ1) is 10.6. The maximum Gasteiger partial charge on any atom is 0.266 e. The Morgan fingerprint density at radius 1 is 1.62 bits per heavy atom. The fourth-order valence-electron chi connectivity index (χ4n) is 0.736. The molecule has 1 aromatic rings. The first-order valence-electron chi connectivity index (χ1n) is 3.22. The first-order chi connectivity index (χ1) is 5.90. The van der Waals surface area contributed by atoms with Crippen LogP contribution in [0, 0.1) is 3.95 Å². The van der Waals surface area contributed by atoms with Crippen molar-refractivity contribution in [3.63, 3.8) is 0 Å². The largest absolute Gasteiger partial charge is 0.494 e. The number of hydrogen-bond donors (Lipinski definition) is 2. The van der Waals surface area contributed by atoms with Crippen LogP contribution >= 0.6 is 23.6 Å². The van der Waals surface area contributed by atoms with Crippen molar-refractivity contribution in [3.05, 3.63) is 9.33 Å². The molecule has 1 rings (SSSR count). The van der Waals surface area contributed by atoms with Crippen molar-refractivity contribution in [3.8, 4) is 5.88 Å². The minimum absolute atomic E-state index is 0.0347. The van der Waals surface area contributed by atoms with Gasteiger partial charge in [-0.3, -0.25) is 9.12 Å². The second-order valence-electron chi connectivity index (χ2n) is 2.30. The van der Waals surface area contributed by atoms with Crippen molar-refractivity contribution in [2.24, 2.45) is 0 Å². The zero-order valence-electron chi connectivity index (χ0n) is 6.37. The quantitative estimate of drug-likeness (QED) is 0.606. The van der Waals surface area contributed by atoms with Gasteiger partial charge in [-0.1, -0.05) is 0 Å². The van der Waals surface area contributed by atoms with Gasteiger partial charge in [0.25, 0.3) is 10.1 Å². The second kappa shape index (κ2) is 3.74. The van der Waals surface area contributed by atoms with E-state index in [1.807, 2.05) is 0 Å². The maximum atomic E-state index is 10.4. The van der Waals surface area contributed by atoms with Gasteiger partial charge in [0.05, 0.1) is 11.1 Å². The van der Waals surface area contributed by atoms with Crippen LogP contribution in [0.2, 0.25) is 0 Å². The fourth-order valence-corrected chi connectivity index (χ4v) is 2.12. The van der Waals surface area contributed by atoms with E-state index in [9.17, 15) is 8.42 Å². The molecule has 8 heteroatoms. The van der Waals surface area contributed by atoms with E-state index in [2.05, 4.69) is 0 Å². The Labute approximate surface area is 84.0 Å². The van der Waals surface area contributed by atoms with Gasteiger partial charge in [0, 0.05) is 6.54 Å². The highest BCUT2D eigenvalue weighted by Gasteiger charge is 2.08. The lowest BCUT2D eigenvalue weighted by atomic mass is 10.7. The van der Waals surface area contributed by atoms with Crippen molar-refractivity contribution >= 4 is 33.7 Å². The number of rotatable bonds is 3. The Kier molecular flexibility index (Phi) is 3.06. The number of aromatic hydroxyl groups is 1. The molecular formula is C5H7NO4S3. The van der Waals surface area contributed by atoms with Crippen molar-refractivity contribution in [1.82, 2.24) is 4.57 Å². The molecule has 2 N–H and O–H groups in total. The lowest BCUT2D eigenvalue weighted by Gasteiger charge is -2.01. The summed E-state index contributed by atoms with van der Waals surface area (Å²) in [6, 6.07) is 0. The third kappa shape index (κ3) is 3.07. The number of aromatic nitrogens is 1. The van der Waals surface area contributed by atoms with Gasteiger partial charge in [-0.25, -0.2) is 0 Å². The van der Waals surface area contributed by atoms with E-state index in [0.717, 1.165) is 11.3 Å². The Morgan fingerprint density at radius 2 is 2.23 bits per heavy atom. The van der Waals surface area contributed by atoms with Gasteiger partial charge in [0.15, 0.2) is 3.95 Å². The number of nitrogens with zero attached hydrogens (tertiary/aromatic N) is 1. The molecule has 5 nitrogen and oxygen atoms in total. The van der Waals surface area contributed by atoms with Gasteiger partial charge >= 0.3 is 0 Å². The van der Waals surface area contributed by atoms with E-state index in [-0.39, 0.29) is 12.4 Å². The Bertz CT molecular complexity index is 443. The predicted octanol–water partition coefficient (Wildman–Crippen LogP) is 0.872. The summed E-state index contributed by atoms with van der Waals surface area (Å²) in [7, 11) is -4.01. The van der Waals surface area contributed by atoms with E-state index in [0.29, 0.717) is 3.95 Å². The molecule has 0 aliphatic heterocycles. The van der Waals surface area contributed by atoms with Crippen molar-refractivity contribution in [1.29, 1.82) is 0 Å². The molecule has 74 valence electrons. The summed E-state index contributed by atoms with van der Waals surface area (Å²) in [4.78, 5) is 0. The number of thiazole rings is 1. The summed E-state index contributed by atoms with van der Waals surface area (Å²) in [5.74, 6) is -0.537. The molecule has 1 heterocycles. The molecular weight excluding hydrogens is 234 g/mol. The molecule has 0 fully saturated rings. The highest BCUT2D eigenvalue weighted by Crippen LogP contribution is 2.16. The molecule has 0 spiro atoms. The van der Waals surface area contributed by atoms with E-state index < -0.39 is 15.9 Å². The first-order valence-corrected chi connectivity index (χ1v) is 6.12. The lowest BCUT2D eigenvalue weighted by molar-refractivity contribution is 0.417. The predicted molar refractivity (Wildman–Crippen MR) is 51.2 cm³/mol. The highest BCUT2D eigenvalue weighted by molar-refractivity contribution is 7.85. The molecule has 0 saturated heterocycles. The summed E-state index contributed by atoms with van der Waals surface area (Å²) >= 11 is 5.94. The average molecular weight is 241 g/mol. The second-order valence-corrected chi connectivity index (χ2v) is 5.37. The highest BCUT2D eigenvalue weighted by atomic mass is 32.2. The van der Waals surface area contributed by atoms with Crippen LogP contribution in [0.5, 0.6) is 5.88 Å². The van der Waals surface area contributed by atoms with Gasteiger partial charge < -0.3 is 5.11 Å². The van der Waals surface area contributed by atoms with Crippen LogP contribution in [0.4, 0.5) is 0 Å². The van der Waals surface area contributed by atoms with Crippen molar-refractivity contribution in [2.45, 2.75) is 6.54 Å². The fraction of sp³-hybridized carbons (Fsp3) is 0.400. The van der Waals surface area contributed by atoms with Gasteiger partial charge in [-0.05, 0) is 12.2 Å². The lowest BCUT2D eigenvalue weighted by Crippen LogP contribution is -2.11. The maximum absolute atomic E-state index is 10.4. The van der Waals surface area contributed by atoms with E-state index in [4.69, 9.17) is 21.9 Å². The van der Waals surface area contributed by atoms with Crippen LogP contribution in [0.25, 0.3) is 0 Å². The van der Waals surface area contributed by atoms with Crippen LogP contribution < -0.4 is 0 Å². The van der Waals surface area contributed by atoms with Gasteiger partial charge in [0.1, 0.15) is 0 Å². The molecule has 0 atom stereocenters. The van der Waals surface area contributed by atoms with Crippen LogP contribution in [-0.2, 0) is 16.7 Å². The summed E-state index contributed by atoms with van der Waals surface area (Å²) in [5, 5.41) is 10.6. The molecule has 13 heavy (non-hydrogen) atoms. The Hall–Kier alpha value is -0.440. The molecule has 0 saturated carbocycles. The molecule has 0 radical (unpaired) electrons. The standard InChI is InChI=1S/C5H7NO4S3/c7-4-3-12-5(11)6(4)1-2-13(8,9)10/h3,7H,1-2H2,(H,8,9,10). The molecule has 0 bridgehead atoms. The molecule has 0 aliphatic carbocycles. The summed E-state index contributed by atoms with van der Waals surface area (Å²) in [6.07, 6.45) is 0. The minimum Gasteiger partial charge on any atom is -0.494 e. The summed E-state index contributed by atoms with van der Waals surface area (Å²) in [5.41, 5.74) is 0. The normalized spacial score (nSPS) is 11.8. The van der Waals surface area contributed by atoms with Crippen LogP contribution in [0.15, 0.2) is 5.38 Å². The van der Waals surface area contributed by atoms with Crippen LogP contribution in [-0.4, -0.2) is 28.4 Å². The molecule has 0 aromatic carbocycles. The number of hydrogen-bond acceptors (Lipinski definition) is 5. The summed E-state index contributed by atoms with van der Waals surface area (Å²) < 4.78 is 30.8. The Balaban J connectivity index is 2.82. The third-order valence-corrected chi connectivity index (χ3v) is 3.29. The average Bonchev–Trinajstić information content (AvgIpc) is 2.27. The third-order valence-electron chi connectivity index (χ3n) is 1.33. The smallest absolute Gasteiger partial charge is 0.266 e. The van der Waals surface area contributed by atoms with Crippen LogP contribution in [0.1, 0.15) is 0 Å². The van der Waals surface area contributed by atoms with Crippen molar-refractivity contribution < 1.29 is 18.1 Å². The SMILES string of the molecule is O=S(=O)(O)CCn1c(O)csc1=S. The van der Waals surface area contributed by atoms with E-state index >= 15 is 0 Å². The summed E-state index contributed by atoms with van der Waals surface area (Å²) in [6.45, 7) is -0.0347. The zero-order valence-corrected chi connectivity index (χ0v) is 8.82. The van der Waals surface area contributed by atoms with Gasteiger partial charge in [0.2, 0.25) is 5.88 Å². The van der Waals surface area contributed by atoms with Crippen LogP contribution in [0.3, 0.4) is 0 Å².